The molecule has 1 aliphatic carbocycles. The fourth-order valence-corrected chi connectivity index (χ4v) is 3.21. The van der Waals surface area contributed by atoms with Crippen molar-refractivity contribution >= 4 is 5.69 Å². The van der Waals surface area contributed by atoms with E-state index in [1.165, 1.54) is 49.7 Å². The molecule has 4 nitrogen and oxygen atoms in total. The maximum Gasteiger partial charge on any atom is 0.247 e. The molecule has 112 valence electrons. The van der Waals surface area contributed by atoms with E-state index in [2.05, 4.69) is 41.5 Å². The summed E-state index contributed by atoms with van der Waals surface area (Å²) in [5, 5.41) is 11.4. The number of hydrogen-bond donors (Lipinski definition) is 1. The summed E-state index contributed by atoms with van der Waals surface area (Å²) in [7, 11) is 0. The molecular weight excluding hydrogens is 262 g/mol. The lowest BCUT2D eigenvalue weighted by atomic mass is 9.84. The molecule has 1 aromatic heterocycles. The summed E-state index contributed by atoms with van der Waals surface area (Å²) >= 11 is 0. The number of nitrogens with one attached hydrogen (secondary N) is 1. The van der Waals surface area contributed by atoms with Crippen LogP contribution in [0.25, 0.3) is 11.5 Å². The molecule has 1 fully saturated rings. The maximum atomic E-state index is 5.29. The Morgan fingerprint density at radius 2 is 2.05 bits per heavy atom. The van der Waals surface area contributed by atoms with E-state index in [-0.39, 0.29) is 0 Å². The van der Waals surface area contributed by atoms with E-state index in [1.807, 2.05) is 6.07 Å². The molecule has 2 aromatic rings. The van der Waals surface area contributed by atoms with Gasteiger partial charge >= 0.3 is 0 Å². The fourth-order valence-electron chi connectivity index (χ4n) is 3.21. The molecule has 0 spiro atoms. The monoisotopic (exact) mass is 285 g/mol. The van der Waals surface area contributed by atoms with Crippen LogP contribution in [0.5, 0.6) is 0 Å². The largest absolute Gasteiger partial charge is 0.423 e. The number of aryl methyl sites for hydroxylation is 1. The molecule has 0 saturated heterocycles. The molecule has 1 aliphatic rings. The van der Waals surface area contributed by atoms with Gasteiger partial charge in [-0.05, 0) is 50.3 Å². The van der Waals surface area contributed by atoms with Crippen LogP contribution in [0.15, 0.2) is 29.0 Å². The lowest BCUT2D eigenvalue weighted by Crippen LogP contribution is -2.27. The van der Waals surface area contributed by atoms with Crippen LogP contribution in [0, 0.1) is 12.8 Å². The smallest absolute Gasteiger partial charge is 0.247 e. The van der Waals surface area contributed by atoms with Crippen molar-refractivity contribution in [2.24, 2.45) is 5.92 Å². The second-order valence-electron chi connectivity index (χ2n) is 6.10. The van der Waals surface area contributed by atoms with Gasteiger partial charge in [0.2, 0.25) is 12.3 Å². The van der Waals surface area contributed by atoms with Gasteiger partial charge in [-0.15, -0.1) is 10.2 Å². The molecule has 0 aliphatic heterocycles. The summed E-state index contributed by atoms with van der Waals surface area (Å²) in [6, 6.07) is 6.75. The molecule has 1 N–H and O–H groups in total. The molecule has 1 unspecified atom stereocenters. The van der Waals surface area contributed by atoms with Gasteiger partial charge in [0.05, 0.1) is 0 Å². The number of nitrogens with zero attached hydrogens (tertiary/aromatic N) is 2. The van der Waals surface area contributed by atoms with Crippen LogP contribution in [-0.4, -0.2) is 16.2 Å². The molecule has 21 heavy (non-hydrogen) atoms. The molecule has 1 atom stereocenters. The number of rotatable bonds is 4. The first-order valence-electron chi connectivity index (χ1n) is 7.88. The summed E-state index contributed by atoms with van der Waals surface area (Å²) in [5.74, 6) is 1.36. The van der Waals surface area contributed by atoms with Crippen LogP contribution in [0.2, 0.25) is 0 Å². The topological polar surface area (TPSA) is 51.0 Å². The molecule has 0 amide bonds. The number of benzene rings is 1. The summed E-state index contributed by atoms with van der Waals surface area (Å²) in [6.45, 7) is 4.43. The lowest BCUT2D eigenvalue weighted by molar-refractivity contribution is 0.328. The van der Waals surface area contributed by atoms with Crippen molar-refractivity contribution in [2.45, 2.75) is 52.0 Å². The first kappa shape index (κ1) is 14.1. The van der Waals surface area contributed by atoms with Crippen molar-refractivity contribution in [2.75, 3.05) is 5.32 Å². The standard InChI is InChI=1S/C17H23N3O/c1-12-8-9-15(17-20-18-11-21-17)10-16(12)19-13(2)14-6-4-3-5-7-14/h8-11,13-14,19H,3-7H2,1-2H3. The Morgan fingerprint density at radius 1 is 1.24 bits per heavy atom. The molecule has 3 rings (SSSR count). The SMILES string of the molecule is Cc1ccc(-c2nnco2)cc1NC(C)C1CCCCC1. The Morgan fingerprint density at radius 3 is 2.76 bits per heavy atom. The van der Waals surface area contributed by atoms with Gasteiger partial charge in [0.1, 0.15) is 0 Å². The zero-order valence-electron chi connectivity index (χ0n) is 12.8. The zero-order valence-corrected chi connectivity index (χ0v) is 12.8. The predicted molar refractivity (Wildman–Crippen MR) is 84.1 cm³/mol. The van der Waals surface area contributed by atoms with Gasteiger partial charge in [-0.3, -0.25) is 0 Å². The summed E-state index contributed by atoms with van der Waals surface area (Å²) in [4.78, 5) is 0. The van der Waals surface area contributed by atoms with Crippen LogP contribution in [0.3, 0.4) is 0 Å². The third kappa shape index (κ3) is 3.26. The van der Waals surface area contributed by atoms with E-state index in [0.29, 0.717) is 11.9 Å². The molecule has 4 heteroatoms. The molecular formula is C17H23N3O. The van der Waals surface area contributed by atoms with E-state index in [0.717, 1.165) is 11.5 Å². The maximum absolute atomic E-state index is 5.29. The lowest BCUT2D eigenvalue weighted by Gasteiger charge is -2.29. The Kier molecular flexibility index (Phi) is 4.23. The van der Waals surface area contributed by atoms with E-state index in [9.17, 15) is 0 Å². The predicted octanol–water partition coefficient (Wildman–Crippen LogP) is 4.43. The van der Waals surface area contributed by atoms with E-state index in [1.54, 1.807) is 0 Å². The Bertz CT molecular complexity index is 574. The Labute approximate surface area is 126 Å². The minimum atomic E-state index is 0.502. The van der Waals surface area contributed by atoms with Crippen molar-refractivity contribution < 1.29 is 4.42 Å². The minimum absolute atomic E-state index is 0.502. The number of anilines is 1. The first-order valence-corrected chi connectivity index (χ1v) is 7.88. The summed E-state index contributed by atoms with van der Waals surface area (Å²) in [5.41, 5.74) is 3.39. The van der Waals surface area contributed by atoms with E-state index >= 15 is 0 Å². The van der Waals surface area contributed by atoms with Gasteiger partial charge in [0.15, 0.2) is 0 Å². The average molecular weight is 285 g/mol. The highest BCUT2D eigenvalue weighted by molar-refractivity contribution is 5.64. The van der Waals surface area contributed by atoms with Crippen LogP contribution in [0.4, 0.5) is 5.69 Å². The van der Waals surface area contributed by atoms with Crippen molar-refractivity contribution in [3.8, 4) is 11.5 Å². The van der Waals surface area contributed by atoms with Crippen molar-refractivity contribution in [3.05, 3.63) is 30.2 Å². The third-order valence-corrected chi connectivity index (χ3v) is 4.58. The second-order valence-corrected chi connectivity index (χ2v) is 6.10. The highest BCUT2D eigenvalue weighted by Gasteiger charge is 2.20. The van der Waals surface area contributed by atoms with Gasteiger partial charge in [-0.1, -0.05) is 25.3 Å². The van der Waals surface area contributed by atoms with Gasteiger partial charge < -0.3 is 9.73 Å². The van der Waals surface area contributed by atoms with Gasteiger partial charge in [-0.25, -0.2) is 0 Å². The molecule has 1 saturated carbocycles. The van der Waals surface area contributed by atoms with Crippen LogP contribution in [-0.2, 0) is 0 Å². The molecule has 0 radical (unpaired) electrons. The number of hydrogen-bond acceptors (Lipinski definition) is 4. The molecule has 1 heterocycles. The van der Waals surface area contributed by atoms with E-state index in [4.69, 9.17) is 4.42 Å². The highest BCUT2D eigenvalue weighted by atomic mass is 16.4. The van der Waals surface area contributed by atoms with Gasteiger partial charge in [0, 0.05) is 17.3 Å². The quantitative estimate of drug-likeness (QED) is 0.903. The van der Waals surface area contributed by atoms with Gasteiger partial charge in [0.25, 0.3) is 0 Å². The van der Waals surface area contributed by atoms with Crippen molar-refractivity contribution in [1.82, 2.24) is 10.2 Å². The van der Waals surface area contributed by atoms with Crippen molar-refractivity contribution in [1.29, 1.82) is 0 Å². The zero-order chi connectivity index (χ0) is 14.7. The minimum Gasteiger partial charge on any atom is -0.423 e. The second kappa shape index (κ2) is 6.29. The van der Waals surface area contributed by atoms with Crippen LogP contribution >= 0.6 is 0 Å². The first-order chi connectivity index (χ1) is 10.2. The average Bonchev–Trinajstić information content (AvgIpc) is 3.04. The Hall–Kier alpha value is -1.84. The molecule has 1 aromatic carbocycles. The Balaban J connectivity index is 1.76. The van der Waals surface area contributed by atoms with Crippen molar-refractivity contribution in [3.63, 3.8) is 0 Å². The normalized spacial score (nSPS) is 17.6. The van der Waals surface area contributed by atoms with Gasteiger partial charge in [-0.2, -0.15) is 0 Å². The third-order valence-electron chi connectivity index (χ3n) is 4.58. The summed E-state index contributed by atoms with van der Waals surface area (Å²) in [6.07, 6.45) is 8.20. The number of aromatic nitrogens is 2. The fraction of sp³-hybridized carbons (Fsp3) is 0.529. The molecule has 0 bridgehead atoms. The highest BCUT2D eigenvalue weighted by Crippen LogP contribution is 2.30. The van der Waals surface area contributed by atoms with Crippen LogP contribution < -0.4 is 5.32 Å². The summed E-state index contributed by atoms with van der Waals surface area (Å²) < 4.78 is 5.29. The van der Waals surface area contributed by atoms with Crippen LogP contribution in [0.1, 0.15) is 44.6 Å². The van der Waals surface area contributed by atoms with E-state index < -0.39 is 0 Å².